The van der Waals surface area contributed by atoms with Gasteiger partial charge in [-0.15, -0.1) is 0 Å². The third-order valence-electron chi connectivity index (χ3n) is 2.91. The van der Waals surface area contributed by atoms with Crippen LogP contribution in [-0.4, -0.2) is 32.7 Å². The zero-order valence-electron chi connectivity index (χ0n) is 11.3. The molecule has 1 aromatic heterocycles. The van der Waals surface area contributed by atoms with Crippen molar-refractivity contribution >= 4 is 5.91 Å². The quantitative estimate of drug-likeness (QED) is 0.912. The fourth-order valence-corrected chi connectivity index (χ4v) is 1.93. The van der Waals surface area contributed by atoms with Crippen molar-refractivity contribution in [3.05, 3.63) is 47.3 Å². The molecule has 0 aliphatic heterocycles. The number of phenolic OH excluding ortho intramolecular Hbond substituents is 1. The molecule has 0 aliphatic carbocycles. The molecule has 0 spiro atoms. The Morgan fingerprint density at radius 3 is 2.84 bits per heavy atom. The Kier molecular flexibility index (Phi) is 3.55. The molecule has 0 radical (unpaired) electrons. The number of hydrogen-bond acceptors (Lipinski definition) is 3. The molecule has 2 rings (SSSR count). The summed E-state index contributed by atoms with van der Waals surface area (Å²) in [5, 5.41) is 13.8. The Balaban J connectivity index is 2.16. The molecule has 1 heterocycles. The number of amides is 1. The van der Waals surface area contributed by atoms with Crippen LogP contribution in [0.1, 0.15) is 21.5 Å². The summed E-state index contributed by atoms with van der Waals surface area (Å²) in [4.78, 5) is 13.8. The smallest absolute Gasteiger partial charge is 0.257 e. The van der Waals surface area contributed by atoms with E-state index >= 15 is 0 Å². The van der Waals surface area contributed by atoms with Gasteiger partial charge in [-0.3, -0.25) is 9.48 Å². The minimum absolute atomic E-state index is 0.00800. The van der Waals surface area contributed by atoms with E-state index in [1.54, 1.807) is 41.0 Å². The maximum atomic E-state index is 12.3. The lowest BCUT2D eigenvalue weighted by Gasteiger charge is -2.17. The van der Waals surface area contributed by atoms with Crippen molar-refractivity contribution in [3.8, 4) is 5.75 Å². The highest BCUT2D eigenvalue weighted by Crippen LogP contribution is 2.20. The van der Waals surface area contributed by atoms with Crippen molar-refractivity contribution in [1.29, 1.82) is 0 Å². The van der Waals surface area contributed by atoms with Crippen molar-refractivity contribution in [2.24, 2.45) is 7.05 Å². The zero-order valence-corrected chi connectivity index (χ0v) is 11.3. The van der Waals surface area contributed by atoms with E-state index in [1.165, 1.54) is 0 Å². The highest BCUT2D eigenvalue weighted by molar-refractivity contribution is 5.96. The van der Waals surface area contributed by atoms with E-state index in [0.29, 0.717) is 12.1 Å². The monoisotopic (exact) mass is 259 g/mol. The van der Waals surface area contributed by atoms with Gasteiger partial charge >= 0.3 is 0 Å². The Hall–Kier alpha value is -2.30. The topological polar surface area (TPSA) is 58.4 Å². The van der Waals surface area contributed by atoms with E-state index in [1.807, 2.05) is 20.2 Å². The summed E-state index contributed by atoms with van der Waals surface area (Å²) in [5.74, 6) is -0.196. The third-order valence-corrected chi connectivity index (χ3v) is 2.91. The minimum atomic E-state index is -0.204. The second kappa shape index (κ2) is 5.14. The Morgan fingerprint density at radius 1 is 1.47 bits per heavy atom. The molecule has 0 saturated carbocycles. The Bertz CT molecular complexity index is 604. The molecule has 5 heteroatoms. The van der Waals surface area contributed by atoms with E-state index < -0.39 is 0 Å². The van der Waals surface area contributed by atoms with Crippen LogP contribution < -0.4 is 0 Å². The molecule has 2 aromatic rings. The van der Waals surface area contributed by atoms with Gasteiger partial charge in [0.2, 0.25) is 0 Å². The van der Waals surface area contributed by atoms with Crippen LogP contribution in [0.25, 0.3) is 0 Å². The summed E-state index contributed by atoms with van der Waals surface area (Å²) < 4.78 is 1.69. The first-order valence-corrected chi connectivity index (χ1v) is 6.00. The number of carbonyl (C=O) groups is 1. The van der Waals surface area contributed by atoms with Crippen LogP contribution in [0.4, 0.5) is 0 Å². The van der Waals surface area contributed by atoms with Crippen molar-refractivity contribution in [2.75, 3.05) is 7.05 Å². The van der Waals surface area contributed by atoms with E-state index in [9.17, 15) is 9.90 Å². The maximum absolute atomic E-state index is 12.3. The van der Waals surface area contributed by atoms with Crippen molar-refractivity contribution in [3.63, 3.8) is 0 Å². The average Bonchev–Trinajstić information content (AvgIpc) is 2.77. The number of benzene rings is 1. The fraction of sp³-hybridized carbons (Fsp3) is 0.286. The van der Waals surface area contributed by atoms with E-state index in [4.69, 9.17) is 0 Å². The first kappa shape index (κ1) is 13.1. The molecule has 0 atom stereocenters. The van der Waals surface area contributed by atoms with Gasteiger partial charge < -0.3 is 10.0 Å². The van der Waals surface area contributed by atoms with Crippen LogP contribution >= 0.6 is 0 Å². The molecular weight excluding hydrogens is 242 g/mol. The predicted octanol–water partition coefficient (Wildman–Crippen LogP) is 1.71. The van der Waals surface area contributed by atoms with Gasteiger partial charge in [0, 0.05) is 32.4 Å². The number of aryl methyl sites for hydroxylation is 2. The molecule has 1 N–H and O–H groups in total. The standard InChI is InChI=1S/C14H17N3O2/c1-10-4-5-13(18)12(6-10)14(19)16(2)8-11-7-15-17(3)9-11/h4-7,9,18H,8H2,1-3H3. The van der Waals surface area contributed by atoms with Gasteiger partial charge in [0.1, 0.15) is 5.75 Å². The normalized spacial score (nSPS) is 10.5. The zero-order chi connectivity index (χ0) is 14.0. The molecule has 1 amide bonds. The molecular formula is C14H17N3O2. The maximum Gasteiger partial charge on any atom is 0.257 e. The van der Waals surface area contributed by atoms with Gasteiger partial charge in [-0.25, -0.2) is 0 Å². The lowest BCUT2D eigenvalue weighted by atomic mass is 10.1. The summed E-state index contributed by atoms with van der Waals surface area (Å²) in [6, 6.07) is 5.01. The lowest BCUT2D eigenvalue weighted by Crippen LogP contribution is -2.26. The average molecular weight is 259 g/mol. The van der Waals surface area contributed by atoms with Crippen LogP contribution in [0.15, 0.2) is 30.6 Å². The lowest BCUT2D eigenvalue weighted by molar-refractivity contribution is 0.0782. The fourth-order valence-electron chi connectivity index (χ4n) is 1.93. The van der Waals surface area contributed by atoms with Gasteiger partial charge in [-0.2, -0.15) is 5.10 Å². The molecule has 19 heavy (non-hydrogen) atoms. The summed E-state index contributed by atoms with van der Waals surface area (Å²) in [7, 11) is 3.54. The molecule has 0 saturated heterocycles. The van der Waals surface area contributed by atoms with Crippen LogP contribution in [0.5, 0.6) is 5.75 Å². The Morgan fingerprint density at radius 2 is 2.21 bits per heavy atom. The van der Waals surface area contributed by atoms with Gasteiger partial charge in [-0.1, -0.05) is 11.6 Å². The highest BCUT2D eigenvalue weighted by Gasteiger charge is 2.16. The van der Waals surface area contributed by atoms with E-state index in [0.717, 1.165) is 11.1 Å². The van der Waals surface area contributed by atoms with Crippen molar-refractivity contribution in [1.82, 2.24) is 14.7 Å². The number of hydrogen-bond donors (Lipinski definition) is 1. The number of nitrogens with zero attached hydrogens (tertiary/aromatic N) is 3. The summed E-state index contributed by atoms with van der Waals surface area (Å²) in [5.41, 5.74) is 2.22. The van der Waals surface area contributed by atoms with E-state index in [2.05, 4.69) is 5.10 Å². The predicted molar refractivity (Wildman–Crippen MR) is 71.8 cm³/mol. The van der Waals surface area contributed by atoms with Crippen LogP contribution in [0.2, 0.25) is 0 Å². The van der Waals surface area contributed by atoms with Gasteiger partial charge in [0.05, 0.1) is 11.8 Å². The second-order valence-corrected chi connectivity index (χ2v) is 4.70. The first-order chi connectivity index (χ1) is 8.97. The molecule has 0 unspecified atom stereocenters. The van der Waals surface area contributed by atoms with Crippen LogP contribution in [0.3, 0.4) is 0 Å². The largest absolute Gasteiger partial charge is 0.507 e. The van der Waals surface area contributed by atoms with Crippen LogP contribution in [0, 0.1) is 6.92 Å². The van der Waals surface area contributed by atoms with Gasteiger partial charge in [-0.05, 0) is 19.1 Å². The number of carbonyl (C=O) groups excluding carboxylic acids is 1. The number of rotatable bonds is 3. The molecule has 0 aliphatic rings. The summed E-state index contributed by atoms with van der Waals surface area (Å²) in [6.07, 6.45) is 3.58. The molecule has 0 bridgehead atoms. The van der Waals surface area contributed by atoms with Crippen LogP contribution in [-0.2, 0) is 13.6 Å². The van der Waals surface area contributed by atoms with E-state index in [-0.39, 0.29) is 11.7 Å². The van der Waals surface area contributed by atoms with Crippen molar-refractivity contribution < 1.29 is 9.90 Å². The second-order valence-electron chi connectivity index (χ2n) is 4.70. The SMILES string of the molecule is Cc1ccc(O)c(C(=O)N(C)Cc2cnn(C)c2)c1. The molecule has 5 nitrogen and oxygen atoms in total. The number of phenols is 1. The minimum Gasteiger partial charge on any atom is -0.507 e. The Labute approximate surface area is 112 Å². The summed E-state index contributed by atoms with van der Waals surface area (Å²) in [6.45, 7) is 2.34. The number of aromatic hydroxyl groups is 1. The first-order valence-electron chi connectivity index (χ1n) is 6.00. The van der Waals surface area contributed by atoms with Crippen molar-refractivity contribution in [2.45, 2.75) is 13.5 Å². The van der Waals surface area contributed by atoms with Gasteiger partial charge in [0.15, 0.2) is 0 Å². The molecule has 0 fully saturated rings. The molecule has 100 valence electrons. The summed E-state index contributed by atoms with van der Waals surface area (Å²) >= 11 is 0. The number of aromatic nitrogens is 2. The third kappa shape index (κ3) is 2.93. The molecule has 1 aromatic carbocycles. The van der Waals surface area contributed by atoms with Gasteiger partial charge in [0.25, 0.3) is 5.91 Å². The highest BCUT2D eigenvalue weighted by atomic mass is 16.3.